The predicted octanol–water partition coefficient (Wildman–Crippen LogP) is 29.5. The lowest BCUT2D eigenvalue weighted by atomic mass is 9.67. The van der Waals surface area contributed by atoms with Crippen molar-refractivity contribution in [2.45, 2.75) is 90.3 Å². The van der Waals surface area contributed by atoms with Crippen LogP contribution in [0.5, 0.6) is 11.5 Å². The van der Waals surface area contributed by atoms with Crippen LogP contribution in [0, 0.1) is 11.8 Å². The van der Waals surface area contributed by atoms with E-state index in [1.807, 2.05) is 12.1 Å². The summed E-state index contributed by atoms with van der Waals surface area (Å²) in [7, 11) is 0. The van der Waals surface area contributed by atoms with Crippen LogP contribution in [0.3, 0.4) is 0 Å². The van der Waals surface area contributed by atoms with Crippen LogP contribution in [0.2, 0.25) is 0 Å². The van der Waals surface area contributed by atoms with E-state index in [1.165, 1.54) is 100 Å². The van der Waals surface area contributed by atoms with Gasteiger partial charge in [-0.3, -0.25) is 0 Å². The number of anilines is 6. The van der Waals surface area contributed by atoms with E-state index in [2.05, 4.69) is 428 Å². The van der Waals surface area contributed by atoms with Gasteiger partial charge in [-0.15, -0.1) is 0 Å². The van der Waals surface area contributed by atoms with Gasteiger partial charge in [-0.2, -0.15) is 0 Å². The second-order valence-electron chi connectivity index (χ2n) is 34.0. The highest BCUT2D eigenvalue weighted by Crippen LogP contribution is 2.59. The molecule has 2 unspecified atom stereocenters. The molecule has 0 radical (unpaired) electrons. The molecule has 5 nitrogen and oxygen atoms in total. The minimum Gasteiger partial charge on any atom is -0.457 e. The monoisotopic (exact) mass is 1530 g/mol. The van der Waals surface area contributed by atoms with Crippen molar-refractivity contribution in [3.63, 3.8) is 0 Å². The maximum Gasteiger partial charge on any atom is 0.127 e. The number of nitrogens with two attached hydrogens (primary N) is 1. The molecular formula is C113H97N3O2. The highest BCUT2D eigenvalue weighted by molar-refractivity contribution is 5.93. The van der Waals surface area contributed by atoms with E-state index in [4.69, 9.17) is 15.2 Å². The lowest BCUT2D eigenvalue weighted by Gasteiger charge is -2.34. The molecule has 0 fully saturated rings. The summed E-state index contributed by atoms with van der Waals surface area (Å²) in [6, 6.07) is 141. The fraction of sp³-hybridized carbons (Fsp3) is 0.150. The Balaban J connectivity index is 0.679. The largest absolute Gasteiger partial charge is 0.457 e. The van der Waals surface area contributed by atoms with Crippen molar-refractivity contribution >= 4 is 34.1 Å². The molecule has 576 valence electrons. The van der Waals surface area contributed by atoms with Crippen molar-refractivity contribution in [3.8, 4) is 89.4 Å². The van der Waals surface area contributed by atoms with Crippen LogP contribution in [0.15, 0.2) is 382 Å². The maximum atomic E-state index is 6.78. The minimum absolute atomic E-state index is 0.169. The summed E-state index contributed by atoms with van der Waals surface area (Å²) in [5.41, 5.74) is 42.2. The predicted molar refractivity (Wildman–Crippen MR) is 492 cm³/mol. The van der Waals surface area contributed by atoms with Gasteiger partial charge >= 0.3 is 0 Å². The first-order valence-electron chi connectivity index (χ1n) is 41.9. The number of benzene rings is 16. The molecule has 5 heteroatoms. The Morgan fingerprint density at radius 2 is 0.610 bits per heavy atom. The van der Waals surface area contributed by atoms with E-state index in [1.54, 1.807) is 0 Å². The van der Waals surface area contributed by atoms with Gasteiger partial charge in [-0.05, 0) is 279 Å². The second-order valence-corrected chi connectivity index (χ2v) is 34.0. The lowest BCUT2D eigenvalue weighted by molar-refractivity contribution is 0.107. The third-order valence-corrected chi connectivity index (χ3v) is 25.6. The Kier molecular flexibility index (Phi) is 19.8. The standard InChI is InChI=1S/C113H97N3O2/c1-75(2)67-104(76(3)72-114)85-35-31-77(32-36-85)73-117-74-78-33-59-96(60-34-78)118-97-61-47-89(48-62-97)113(88-25-15-10-16-26-88)109-68-86(83-41-53-92(54-42-83)115(90-49-37-81(38-50-90)79-21-11-8-12-22-79)94-57-65-100-98-27-17-19-29-105(98)111(4,5)107(100)70-94)45-63-102(109)103-64-46-87(69-110(103)113)84-43-55-93(56-44-84)116(91-51-39-82(40-52-91)80-23-13-9-14-24-80)95-58-66-101-99-28-18-20-30-106(99)112(6,7)108(101)71-95/h8-66,68-71,75-76,104H,67,72-74,114H2,1-7H3. The lowest BCUT2D eigenvalue weighted by Crippen LogP contribution is -2.28. The molecule has 0 heterocycles. The van der Waals surface area contributed by atoms with Crippen LogP contribution in [0.25, 0.3) is 77.9 Å². The molecule has 3 aliphatic rings. The fourth-order valence-corrected chi connectivity index (χ4v) is 19.3. The first kappa shape index (κ1) is 74.9. The first-order chi connectivity index (χ1) is 57.7. The number of hydrogen-bond donors (Lipinski definition) is 1. The molecule has 2 N–H and O–H groups in total. The Labute approximate surface area is 696 Å². The van der Waals surface area contributed by atoms with E-state index in [0.717, 1.165) is 91.0 Å². The number of rotatable bonds is 23. The quantitative estimate of drug-likeness (QED) is 0.0692. The third-order valence-electron chi connectivity index (χ3n) is 25.6. The first-order valence-corrected chi connectivity index (χ1v) is 41.9. The summed E-state index contributed by atoms with van der Waals surface area (Å²) < 4.78 is 13.1. The van der Waals surface area contributed by atoms with Crippen LogP contribution in [0.1, 0.15) is 122 Å². The number of nitrogens with zero attached hydrogens (tertiary/aromatic N) is 2. The fourth-order valence-electron chi connectivity index (χ4n) is 19.3. The molecule has 0 aromatic heterocycles. The van der Waals surface area contributed by atoms with E-state index >= 15 is 0 Å². The van der Waals surface area contributed by atoms with Gasteiger partial charge < -0.3 is 25.0 Å². The molecule has 0 aliphatic heterocycles. The number of ether oxygens (including phenoxy) is 2. The average molecular weight is 1530 g/mol. The topological polar surface area (TPSA) is 51.0 Å². The molecule has 19 rings (SSSR count). The van der Waals surface area contributed by atoms with Crippen LogP contribution in [-0.4, -0.2) is 6.54 Å². The van der Waals surface area contributed by atoms with Crippen molar-refractivity contribution in [2.24, 2.45) is 17.6 Å². The molecule has 0 saturated heterocycles. The molecule has 0 saturated carbocycles. The molecule has 16 aromatic rings. The van der Waals surface area contributed by atoms with Crippen molar-refractivity contribution in [3.05, 3.63) is 443 Å². The second kappa shape index (κ2) is 31.1. The Morgan fingerprint density at radius 1 is 0.288 bits per heavy atom. The van der Waals surface area contributed by atoms with E-state index < -0.39 is 5.41 Å². The summed E-state index contributed by atoms with van der Waals surface area (Å²) in [6.07, 6.45) is 1.12. The number of fused-ring (bicyclic) bond motifs is 9. The molecular weight excluding hydrogens is 1430 g/mol. The zero-order valence-electron chi connectivity index (χ0n) is 68.2. The van der Waals surface area contributed by atoms with Gasteiger partial charge in [0.25, 0.3) is 0 Å². The van der Waals surface area contributed by atoms with Crippen LogP contribution in [-0.2, 0) is 34.2 Å². The van der Waals surface area contributed by atoms with Gasteiger partial charge in [0, 0.05) is 45.0 Å². The van der Waals surface area contributed by atoms with Crippen molar-refractivity contribution < 1.29 is 9.47 Å². The van der Waals surface area contributed by atoms with Gasteiger partial charge in [0.1, 0.15) is 11.5 Å². The van der Waals surface area contributed by atoms with Gasteiger partial charge in [-0.25, -0.2) is 0 Å². The normalized spacial score (nSPS) is 14.0. The van der Waals surface area contributed by atoms with Crippen molar-refractivity contribution in [1.29, 1.82) is 0 Å². The molecule has 0 bridgehead atoms. The van der Waals surface area contributed by atoms with Gasteiger partial charge in [0.2, 0.25) is 0 Å². The Hall–Kier alpha value is -13.2. The summed E-state index contributed by atoms with van der Waals surface area (Å²) in [4.78, 5) is 4.84. The highest BCUT2D eigenvalue weighted by Gasteiger charge is 2.47. The molecule has 118 heavy (non-hydrogen) atoms. The van der Waals surface area contributed by atoms with Gasteiger partial charge in [0.05, 0.1) is 18.6 Å². The van der Waals surface area contributed by atoms with Crippen LogP contribution < -0.4 is 20.3 Å². The van der Waals surface area contributed by atoms with E-state index in [9.17, 15) is 0 Å². The zero-order valence-corrected chi connectivity index (χ0v) is 68.2. The summed E-state index contributed by atoms with van der Waals surface area (Å²) in [5.74, 6) is 2.98. The van der Waals surface area contributed by atoms with Crippen LogP contribution >= 0.6 is 0 Å². The van der Waals surface area contributed by atoms with E-state index in [0.29, 0.717) is 37.5 Å². The molecule has 0 amide bonds. The van der Waals surface area contributed by atoms with Gasteiger partial charge in [-0.1, -0.05) is 321 Å². The summed E-state index contributed by atoms with van der Waals surface area (Å²) >= 11 is 0. The molecule has 3 aliphatic carbocycles. The Bertz CT molecular complexity index is 6030. The highest BCUT2D eigenvalue weighted by atomic mass is 16.5. The summed E-state index contributed by atoms with van der Waals surface area (Å²) in [6.45, 7) is 18.0. The minimum atomic E-state index is -0.771. The van der Waals surface area contributed by atoms with Crippen molar-refractivity contribution in [1.82, 2.24) is 0 Å². The zero-order chi connectivity index (χ0) is 80.2. The number of hydrogen-bond acceptors (Lipinski definition) is 5. The summed E-state index contributed by atoms with van der Waals surface area (Å²) in [5, 5.41) is 0. The SMILES string of the molecule is CC(C)CC(c1ccc(COCc2ccc(Oc3ccc(C4(c5ccccc5)c5cc(-c6ccc(N(c7ccc(-c8ccccc8)cc7)c7ccc8c(c7)C(C)(C)c7ccccc7-8)cc6)ccc5-c5ccc(-c6ccc(N(c7ccc(-c8ccccc8)cc7)c7ccc8c(c7)C(C)(C)c7ccccc7-8)cc6)cc54)cc3)cc2)cc1)C(C)CN. The molecule has 2 atom stereocenters. The van der Waals surface area contributed by atoms with Gasteiger partial charge in [0.15, 0.2) is 0 Å². The maximum absolute atomic E-state index is 6.78. The smallest absolute Gasteiger partial charge is 0.127 e. The third kappa shape index (κ3) is 13.7. The van der Waals surface area contributed by atoms with Crippen molar-refractivity contribution in [2.75, 3.05) is 16.3 Å². The average Bonchev–Trinajstić information content (AvgIpc) is 1.53. The molecule has 16 aromatic carbocycles. The van der Waals surface area contributed by atoms with E-state index in [-0.39, 0.29) is 10.8 Å². The Morgan fingerprint density at radius 3 is 1.03 bits per heavy atom. The molecule has 0 spiro atoms. The van der Waals surface area contributed by atoms with Crippen LogP contribution in [0.4, 0.5) is 34.1 Å².